The van der Waals surface area contributed by atoms with Gasteiger partial charge in [0.2, 0.25) is 0 Å². The SMILES string of the molecule is O=Cc1ccc(-c2cscc2Br)o1. The molecule has 0 aliphatic carbocycles. The van der Waals surface area contributed by atoms with E-state index >= 15 is 0 Å². The molecule has 0 fully saturated rings. The van der Waals surface area contributed by atoms with Crippen molar-refractivity contribution in [3.05, 3.63) is 33.1 Å². The van der Waals surface area contributed by atoms with Gasteiger partial charge >= 0.3 is 0 Å². The zero-order valence-corrected chi connectivity index (χ0v) is 8.89. The minimum Gasteiger partial charge on any atom is -0.453 e. The standard InChI is InChI=1S/C9H5BrO2S/c10-8-5-13-4-7(8)9-2-1-6(3-11)12-9/h1-5H. The van der Waals surface area contributed by atoms with Crippen LogP contribution in [-0.2, 0) is 0 Å². The molecule has 0 N–H and O–H groups in total. The van der Waals surface area contributed by atoms with Crippen molar-refractivity contribution < 1.29 is 9.21 Å². The molecule has 13 heavy (non-hydrogen) atoms. The van der Waals surface area contributed by atoms with Crippen LogP contribution < -0.4 is 0 Å². The molecule has 0 amide bonds. The molecule has 0 bridgehead atoms. The summed E-state index contributed by atoms with van der Waals surface area (Å²) in [4.78, 5) is 10.4. The van der Waals surface area contributed by atoms with Crippen LogP contribution in [0, 0.1) is 0 Å². The van der Waals surface area contributed by atoms with Crippen LogP contribution in [0.2, 0.25) is 0 Å². The molecule has 0 aliphatic rings. The van der Waals surface area contributed by atoms with E-state index in [1.807, 2.05) is 10.8 Å². The molecule has 2 rings (SSSR count). The first-order valence-corrected chi connectivity index (χ1v) is 5.32. The second kappa shape index (κ2) is 3.47. The molecule has 0 atom stereocenters. The number of halogens is 1. The Labute approximate surface area is 87.3 Å². The summed E-state index contributed by atoms with van der Waals surface area (Å²) in [6, 6.07) is 3.45. The Balaban J connectivity index is 2.46. The molecular weight excluding hydrogens is 252 g/mol. The Morgan fingerprint density at radius 2 is 2.23 bits per heavy atom. The number of aldehydes is 1. The fourth-order valence-corrected chi connectivity index (χ4v) is 2.50. The van der Waals surface area contributed by atoms with Gasteiger partial charge in [0.25, 0.3) is 0 Å². The van der Waals surface area contributed by atoms with E-state index in [1.165, 1.54) is 0 Å². The Morgan fingerprint density at radius 3 is 2.77 bits per heavy atom. The Hall–Kier alpha value is -0.870. The summed E-state index contributed by atoms with van der Waals surface area (Å²) in [6.07, 6.45) is 0.698. The molecule has 2 nitrogen and oxygen atoms in total. The third-order valence-corrected chi connectivity index (χ3v) is 3.33. The van der Waals surface area contributed by atoms with Crippen LogP contribution in [0.3, 0.4) is 0 Å². The predicted molar refractivity (Wildman–Crippen MR) is 55.1 cm³/mol. The molecule has 0 spiro atoms. The molecule has 0 radical (unpaired) electrons. The summed E-state index contributed by atoms with van der Waals surface area (Å²) in [5, 5.41) is 3.94. The molecule has 0 aliphatic heterocycles. The first kappa shape index (κ1) is 8.72. The second-order valence-corrected chi connectivity index (χ2v) is 4.05. The molecule has 4 heteroatoms. The molecule has 0 saturated carbocycles. The number of hydrogen-bond donors (Lipinski definition) is 0. The molecule has 66 valence electrons. The Morgan fingerprint density at radius 1 is 1.38 bits per heavy atom. The van der Waals surface area contributed by atoms with Gasteiger partial charge in [0, 0.05) is 20.8 Å². The smallest absolute Gasteiger partial charge is 0.185 e. The van der Waals surface area contributed by atoms with E-state index in [4.69, 9.17) is 4.42 Å². The van der Waals surface area contributed by atoms with Gasteiger partial charge in [0.15, 0.2) is 12.0 Å². The van der Waals surface area contributed by atoms with Crippen LogP contribution in [0.25, 0.3) is 11.3 Å². The monoisotopic (exact) mass is 256 g/mol. The average Bonchev–Trinajstić information content (AvgIpc) is 2.71. The van der Waals surface area contributed by atoms with E-state index < -0.39 is 0 Å². The van der Waals surface area contributed by atoms with E-state index in [9.17, 15) is 4.79 Å². The summed E-state index contributed by atoms with van der Waals surface area (Å²) in [5.41, 5.74) is 0.984. The summed E-state index contributed by atoms with van der Waals surface area (Å²) in [7, 11) is 0. The highest BCUT2D eigenvalue weighted by molar-refractivity contribution is 9.10. The van der Waals surface area contributed by atoms with Gasteiger partial charge in [0.1, 0.15) is 5.76 Å². The van der Waals surface area contributed by atoms with E-state index in [2.05, 4.69) is 15.9 Å². The zero-order chi connectivity index (χ0) is 9.26. The van der Waals surface area contributed by atoms with Crippen LogP contribution in [0.1, 0.15) is 10.6 Å². The molecular formula is C9H5BrO2S. The van der Waals surface area contributed by atoms with Crippen molar-refractivity contribution in [1.29, 1.82) is 0 Å². The van der Waals surface area contributed by atoms with Crippen molar-refractivity contribution >= 4 is 33.6 Å². The molecule has 0 saturated heterocycles. The first-order chi connectivity index (χ1) is 6.31. The van der Waals surface area contributed by atoms with Crippen molar-refractivity contribution in [2.75, 3.05) is 0 Å². The summed E-state index contributed by atoms with van der Waals surface area (Å²) >= 11 is 4.98. The average molecular weight is 257 g/mol. The van der Waals surface area contributed by atoms with Crippen molar-refractivity contribution in [2.24, 2.45) is 0 Å². The van der Waals surface area contributed by atoms with Crippen LogP contribution >= 0.6 is 27.3 Å². The number of rotatable bonds is 2. The molecule has 2 heterocycles. The van der Waals surface area contributed by atoms with Gasteiger partial charge < -0.3 is 4.42 Å². The minimum atomic E-state index is 0.355. The highest BCUT2D eigenvalue weighted by Gasteiger charge is 2.08. The van der Waals surface area contributed by atoms with Crippen molar-refractivity contribution in [2.45, 2.75) is 0 Å². The van der Waals surface area contributed by atoms with Gasteiger partial charge in [-0.3, -0.25) is 4.79 Å². The van der Waals surface area contributed by atoms with Crippen molar-refractivity contribution in [3.63, 3.8) is 0 Å². The number of thiophene rings is 1. The fraction of sp³-hybridized carbons (Fsp3) is 0. The van der Waals surface area contributed by atoms with Crippen molar-refractivity contribution in [3.8, 4) is 11.3 Å². The van der Waals surface area contributed by atoms with Gasteiger partial charge in [-0.15, -0.1) is 0 Å². The van der Waals surface area contributed by atoms with E-state index in [0.29, 0.717) is 12.0 Å². The third kappa shape index (κ3) is 1.59. The largest absolute Gasteiger partial charge is 0.453 e. The Kier molecular flexibility index (Phi) is 2.33. The molecule has 0 aromatic carbocycles. The summed E-state index contributed by atoms with van der Waals surface area (Å²) in [5.74, 6) is 1.07. The van der Waals surface area contributed by atoms with Gasteiger partial charge in [-0.2, -0.15) is 11.3 Å². The summed E-state index contributed by atoms with van der Waals surface area (Å²) < 4.78 is 6.26. The van der Waals surface area contributed by atoms with Gasteiger partial charge in [-0.1, -0.05) is 0 Å². The molecule has 2 aromatic rings. The van der Waals surface area contributed by atoms with Crippen LogP contribution in [0.5, 0.6) is 0 Å². The van der Waals surface area contributed by atoms with Gasteiger partial charge in [-0.25, -0.2) is 0 Å². The first-order valence-electron chi connectivity index (χ1n) is 3.58. The lowest BCUT2D eigenvalue weighted by molar-refractivity contribution is 0.110. The lowest BCUT2D eigenvalue weighted by atomic mass is 10.3. The summed E-state index contributed by atoms with van der Waals surface area (Å²) in [6.45, 7) is 0. The van der Waals surface area contributed by atoms with E-state index in [1.54, 1.807) is 23.5 Å². The van der Waals surface area contributed by atoms with Gasteiger partial charge in [-0.05, 0) is 28.1 Å². The molecule has 2 aromatic heterocycles. The highest BCUT2D eigenvalue weighted by Crippen LogP contribution is 2.32. The number of carbonyl (C=O) groups excluding carboxylic acids is 1. The quantitative estimate of drug-likeness (QED) is 0.769. The lowest BCUT2D eigenvalue weighted by Crippen LogP contribution is -1.70. The maximum atomic E-state index is 10.4. The number of hydrogen-bond acceptors (Lipinski definition) is 3. The lowest BCUT2D eigenvalue weighted by Gasteiger charge is -1.91. The fourth-order valence-electron chi connectivity index (χ4n) is 1.02. The maximum Gasteiger partial charge on any atom is 0.185 e. The number of furan rings is 1. The van der Waals surface area contributed by atoms with E-state index in [-0.39, 0.29) is 0 Å². The second-order valence-electron chi connectivity index (χ2n) is 2.45. The van der Waals surface area contributed by atoms with Crippen molar-refractivity contribution in [1.82, 2.24) is 0 Å². The van der Waals surface area contributed by atoms with Crippen LogP contribution in [0.4, 0.5) is 0 Å². The van der Waals surface area contributed by atoms with Crippen LogP contribution in [0.15, 0.2) is 31.8 Å². The normalized spacial score (nSPS) is 10.2. The van der Waals surface area contributed by atoms with Crippen LogP contribution in [-0.4, -0.2) is 6.29 Å². The Bertz CT molecular complexity index is 430. The predicted octanol–water partition coefficient (Wildman–Crippen LogP) is 3.58. The maximum absolute atomic E-state index is 10.4. The highest BCUT2D eigenvalue weighted by atomic mass is 79.9. The van der Waals surface area contributed by atoms with E-state index in [0.717, 1.165) is 15.8 Å². The third-order valence-electron chi connectivity index (χ3n) is 1.62. The topological polar surface area (TPSA) is 30.2 Å². The minimum absolute atomic E-state index is 0.355. The van der Waals surface area contributed by atoms with Gasteiger partial charge in [0.05, 0.1) is 0 Å². The molecule has 0 unspecified atom stereocenters. The number of carbonyl (C=O) groups is 1. The zero-order valence-electron chi connectivity index (χ0n) is 6.49.